The predicted molar refractivity (Wildman–Crippen MR) is 75.5 cm³/mol. The van der Waals surface area contributed by atoms with Crippen LogP contribution in [0.5, 0.6) is 0 Å². The number of aliphatic hydroxyl groups is 1. The van der Waals surface area contributed by atoms with Crippen molar-refractivity contribution in [2.75, 3.05) is 6.61 Å². The van der Waals surface area contributed by atoms with Gasteiger partial charge < -0.3 is 5.11 Å². The number of benzene rings is 2. The Balaban J connectivity index is 2.09. The van der Waals surface area contributed by atoms with E-state index in [0.717, 1.165) is 17.2 Å². The molecule has 106 valence electrons. The summed E-state index contributed by atoms with van der Waals surface area (Å²) in [5.41, 5.74) is 2.87. The number of hydrogen-bond acceptors (Lipinski definition) is 1. The van der Waals surface area contributed by atoms with E-state index in [1.807, 2.05) is 25.1 Å². The van der Waals surface area contributed by atoms with Crippen molar-refractivity contribution in [3.05, 3.63) is 70.8 Å². The molecule has 0 radical (unpaired) electrons. The molecule has 1 unspecified atom stereocenters. The fourth-order valence-corrected chi connectivity index (χ4v) is 2.44. The second-order valence-corrected chi connectivity index (χ2v) is 5.22. The summed E-state index contributed by atoms with van der Waals surface area (Å²) in [6.45, 7) is 2.01. The Morgan fingerprint density at radius 1 is 0.950 bits per heavy atom. The van der Waals surface area contributed by atoms with E-state index >= 15 is 0 Å². The molecule has 0 saturated heterocycles. The smallest absolute Gasteiger partial charge is 0.126 e. The molecular formula is C17H18F2O. The van der Waals surface area contributed by atoms with Gasteiger partial charge in [0.15, 0.2) is 0 Å². The Labute approximate surface area is 117 Å². The molecule has 0 aromatic heterocycles. The van der Waals surface area contributed by atoms with Crippen LogP contribution in [0.2, 0.25) is 0 Å². The van der Waals surface area contributed by atoms with E-state index in [2.05, 4.69) is 6.07 Å². The topological polar surface area (TPSA) is 20.2 Å². The Bertz CT molecular complexity index is 561. The van der Waals surface area contributed by atoms with Gasteiger partial charge in [-0.25, -0.2) is 8.78 Å². The maximum absolute atomic E-state index is 13.2. The minimum absolute atomic E-state index is 0.00786. The molecule has 0 saturated carbocycles. The molecule has 20 heavy (non-hydrogen) atoms. The van der Waals surface area contributed by atoms with Crippen LogP contribution >= 0.6 is 0 Å². The van der Waals surface area contributed by atoms with Crippen molar-refractivity contribution in [2.24, 2.45) is 5.92 Å². The van der Waals surface area contributed by atoms with E-state index in [0.29, 0.717) is 18.4 Å². The fourth-order valence-electron chi connectivity index (χ4n) is 2.44. The third kappa shape index (κ3) is 4.14. The van der Waals surface area contributed by atoms with Gasteiger partial charge in [0.1, 0.15) is 11.6 Å². The minimum atomic E-state index is -0.577. The molecule has 0 spiro atoms. The molecule has 2 aromatic rings. The van der Waals surface area contributed by atoms with Crippen LogP contribution < -0.4 is 0 Å². The highest BCUT2D eigenvalue weighted by Gasteiger charge is 2.11. The Morgan fingerprint density at radius 2 is 1.60 bits per heavy atom. The first-order chi connectivity index (χ1) is 9.56. The third-order valence-corrected chi connectivity index (χ3v) is 3.31. The van der Waals surface area contributed by atoms with Gasteiger partial charge in [0.2, 0.25) is 0 Å². The molecule has 2 rings (SSSR count). The van der Waals surface area contributed by atoms with Gasteiger partial charge in [-0.15, -0.1) is 0 Å². The second-order valence-electron chi connectivity index (χ2n) is 5.22. The summed E-state index contributed by atoms with van der Waals surface area (Å²) < 4.78 is 26.3. The summed E-state index contributed by atoms with van der Waals surface area (Å²) in [5.74, 6) is -1.20. The van der Waals surface area contributed by atoms with Crippen molar-refractivity contribution in [3.63, 3.8) is 0 Å². The van der Waals surface area contributed by atoms with E-state index in [4.69, 9.17) is 0 Å². The monoisotopic (exact) mass is 276 g/mol. The molecule has 0 bridgehead atoms. The summed E-state index contributed by atoms with van der Waals surface area (Å²) >= 11 is 0. The zero-order valence-electron chi connectivity index (χ0n) is 11.4. The SMILES string of the molecule is Cc1cccc(CC(CO)Cc2cc(F)cc(F)c2)c1. The first-order valence-electron chi connectivity index (χ1n) is 6.68. The quantitative estimate of drug-likeness (QED) is 0.883. The van der Waals surface area contributed by atoms with Crippen LogP contribution in [-0.4, -0.2) is 11.7 Å². The van der Waals surface area contributed by atoms with Crippen LogP contribution in [0, 0.1) is 24.5 Å². The van der Waals surface area contributed by atoms with Gasteiger partial charge in [-0.05, 0) is 48.9 Å². The summed E-state index contributed by atoms with van der Waals surface area (Å²) in [4.78, 5) is 0. The molecule has 1 N–H and O–H groups in total. The number of aryl methyl sites for hydroxylation is 1. The second kappa shape index (κ2) is 6.62. The molecular weight excluding hydrogens is 258 g/mol. The zero-order valence-corrected chi connectivity index (χ0v) is 11.4. The van der Waals surface area contributed by atoms with Crippen molar-refractivity contribution >= 4 is 0 Å². The normalized spacial score (nSPS) is 12.4. The van der Waals surface area contributed by atoms with Crippen LogP contribution in [0.3, 0.4) is 0 Å². The van der Waals surface area contributed by atoms with Gasteiger partial charge in [0, 0.05) is 12.7 Å². The lowest BCUT2D eigenvalue weighted by Crippen LogP contribution is -2.13. The average molecular weight is 276 g/mol. The summed E-state index contributed by atoms with van der Waals surface area (Å²) in [6.07, 6.45) is 1.15. The highest BCUT2D eigenvalue weighted by Crippen LogP contribution is 2.17. The Hall–Kier alpha value is -1.74. The van der Waals surface area contributed by atoms with Gasteiger partial charge in [0.05, 0.1) is 0 Å². The molecule has 0 aliphatic heterocycles. The summed E-state index contributed by atoms with van der Waals surface area (Å²) in [7, 11) is 0. The first kappa shape index (κ1) is 14.7. The molecule has 3 heteroatoms. The number of rotatable bonds is 5. The first-order valence-corrected chi connectivity index (χ1v) is 6.68. The maximum Gasteiger partial charge on any atom is 0.126 e. The largest absolute Gasteiger partial charge is 0.396 e. The molecule has 0 fully saturated rings. The van der Waals surface area contributed by atoms with E-state index in [1.54, 1.807) is 0 Å². The van der Waals surface area contributed by atoms with Crippen molar-refractivity contribution in [1.82, 2.24) is 0 Å². The highest BCUT2D eigenvalue weighted by atomic mass is 19.1. The van der Waals surface area contributed by atoms with Crippen molar-refractivity contribution in [1.29, 1.82) is 0 Å². The standard InChI is InChI=1S/C17H18F2O/c1-12-3-2-4-13(5-12)6-15(11-20)7-14-8-16(18)10-17(19)9-14/h2-5,8-10,15,20H,6-7,11H2,1H3. The van der Waals surface area contributed by atoms with E-state index < -0.39 is 11.6 Å². The lowest BCUT2D eigenvalue weighted by atomic mass is 9.92. The number of hydrogen-bond donors (Lipinski definition) is 1. The van der Waals surface area contributed by atoms with Crippen LogP contribution in [-0.2, 0) is 12.8 Å². The molecule has 0 heterocycles. The molecule has 0 aliphatic rings. The zero-order chi connectivity index (χ0) is 14.5. The van der Waals surface area contributed by atoms with Crippen LogP contribution in [0.25, 0.3) is 0 Å². The van der Waals surface area contributed by atoms with Gasteiger partial charge in [-0.1, -0.05) is 29.8 Å². The molecule has 1 nitrogen and oxygen atoms in total. The van der Waals surface area contributed by atoms with Crippen molar-refractivity contribution in [2.45, 2.75) is 19.8 Å². The molecule has 1 atom stereocenters. The van der Waals surface area contributed by atoms with Crippen LogP contribution in [0.4, 0.5) is 8.78 Å². The van der Waals surface area contributed by atoms with E-state index in [1.165, 1.54) is 12.1 Å². The fraction of sp³-hybridized carbons (Fsp3) is 0.294. The molecule has 0 aliphatic carbocycles. The van der Waals surface area contributed by atoms with E-state index in [9.17, 15) is 13.9 Å². The average Bonchev–Trinajstić information content (AvgIpc) is 2.36. The lowest BCUT2D eigenvalue weighted by molar-refractivity contribution is 0.225. The number of halogens is 2. The number of aliphatic hydroxyl groups excluding tert-OH is 1. The van der Waals surface area contributed by atoms with Crippen molar-refractivity contribution < 1.29 is 13.9 Å². The maximum atomic E-state index is 13.2. The van der Waals surface area contributed by atoms with Gasteiger partial charge in [0.25, 0.3) is 0 Å². The summed E-state index contributed by atoms with van der Waals surface area (Å²) in [6, 6.07) is 11.6. The van der Waals surface area contributed by atoms with Gasteiger partial charge in [-0.3, -0.25) is 0 Å². The Kier molecular flexibility index (Phi) is 4.85. The van der Waals surface area contributed by atoms with Crippen LogP contribution in [0.15, 0.2) is 42.5 Å². The highest BCUT2D eigenvalue weighted by molar-refractivity contribution is 5.24. The summed E-state index contributed by atoms with van der Waals surface area (Å²) in [5, 5.41) is 9.47. The molecule has 2 aromatic carbocycles. The third-order valence-electron chi connectivity index (χ3n) is 3.31. The van der Waals surface area contributed by atoms with Crippen molar-refractivity contribution in [3.8, 4) is 0 Å². The van der Waals surface area contributed by atoms with E-state index in [-0.39, 0.29) is 12.5 Å². The van der Waals surface area contributed by atoms with Crippen LogP contribution in [0.1, 0.15) is 16.7 Å². The predicted octanol–water partition coefficient (Wildman–Crippen LogP) is 3.67. The molecule has 0 amide bonds. The van der Waals surface area contributed by atoms with Gasteiger partial charge in [-0.2, -0.15) is 0 Å². The Morgan fingerprint density at radius 3 is 2.20 bits per heavy atom. The lowest BCUT2D eigenvalue weighted by Gasteiger charge is -2.15. The van der Waals surface area contributed by atoms with Gasteiger partial charge >= 0.3 is 0 Å². The minimum Gasteiger partial charge on any atom is -0.396 e.